The number of hydrogen-bond acceptors (Lipinski definition) is 3. The summed E-state index contributed by atoms with van der Waals surface area (Å²) in [6.07, 6.45) is 3.93. The van der Waals surface area contributed by atoms with Crippen molar-refractivity contribution in [1.82, 2.24) is 15.5 Å². The molecule has 1 saturated carbocycles. The van der Waals surface area contributed by atoms with Crippen LogP contribution in [0.1, 0.15) is 66.3 Å². The Morgan fingerprint density at radius 1 is 1.33 bits per heavy atom. The van der Waals surface area contributed by atoms with Crippen LogP contribution in [0.3, 0.4) is 0 Å². The molecule has 1 aromatic carbocycles. The molecule has 3 rings (SSSR count). The first kappa shape index (κ1) is 16.7. The number of H-pyrrole nitrogens is 1. The molecule has 5 heteroatoms. The predicted octanol–water partition coefficient (Wildman–Crippen LogP) is 2.92. The highest BCUT2D eigenvalue weighted by Crippen LogP contribution is 2.38. The number of amides is 1. The van der Waals surface area contributed by atoms with E-state index < -0.39 is 5.60 Å². The third-order valence-corrected chi connectivity index (χ3v) is 4.33. The van der Waals surface area contributed by atoms with Crippen molar-refractivity contribution in [3.05, 3.63) is 52.8 Å². The predicted molar refractivity (Wildman–Crippen MR) is 92.8 cm³/mol. The highest BCUT2D eigenvalue weighted by atomic mass is 16.3. The molecule has 1 amide bonds. The highest BCUT2D eigenvalue weighted by molar-refractivity contribution is 5.94. The van der Waals surface area contributed by atoms with E-state index >= 15 is 0 Å². The molecular formula is C19H25N3O2. The number of nitrogens with one attached hydrogen (secondary N) is 2. The van der Waals surface area contributed by atoms with Gasteiger partial charge in [-0.1, -0.05) is 12.1 Å². The van der Waals surface area contributed by atoms with E-state index in [1.54, 1.807) is 13.8 Å². The second-order valence-corrected chi connectivity index (χ2v) is 7.28. The van der Waals surface area contributed by atoms with Crippen molar-refractivity contribution in [3.63, 3.8) is 0 Å². The van der Waals surface area contributed by atoms with Crippen LogP contribution in [0, 0.1) is 0 Å². The molecule has 128 valence electrons. The maximum Gasteiger partial charge on any atom is 0.251 e. The fourth-order valence-electron chi connectivity index (χ4n) is 2.61. The summed E-state index contributed by atoms with van der Waals surface area (Å²) < 4.78 is 0. The molecule has 3 N–H and O–H groups in total. The fraction of sp³-hybridized carbons (Fsp3) is 0.474. The Balaban J connectivity index is 1.50. The minimum Gasteiger partial charge on any atom is -0.390 e. The number of hydrogen-bond donors (Lipinski definition) is 3. The molecule has 24 heavy (non-hydrogen) atoms. The summed E-state index contributed by atoms with van der Waals surface area (Å²) in [5, 5.41) is 20.0. The van der Waals surface area contributed by atoms with E-state index in [1.807, 2.05) is 30.3 Å². The molecule has 0 aliphatic heterocycles. The molecule has 1 aliphatic rings. The summed E-state index contributed by atoms with van der Waals surface area (Å²) in [6.45, 7) is 4.07. The first-order valence-electron chi connectivity index (χ1n) is 8.54. The summed E-state index contributed by atoms with van der Waals surface area (Å²) >= 11 is 0. The fourth-order valence-corrected chi connectivity index (χ4v) is 2.61. The zero-order chi connectivity index (χ0) is 17.2. The third kappa shape index (κ3) is 4.68. The van der Waals surface area contributed by atoms with Gasteiger partial charge in [0.2, 0.25) is 0 Å². The molecule has 2 aromatic rings. The van der Waals surface area contributed by atoms with Crippen LogP contribution in [-0.2, 0) is 13.0 Å². The van der Waals surface area contributed by atoms with Gasteiger partial charge >= 0.3 is 0 Å². The normalized spacial score (nSPS) is 14.6. The van der Waals surface area contributed by atoms with Gasteiger partial charge in [-0.05, 0) is 63.3 Å². The lowest BCUT2D eigenvalue weighted by atomic mass is 9.98. The van der Waals surface area contributed by atoms with Crippen molar-refractivity contribution in [3.8, 4) is 0 Å². The van der Waals surface area contributed by atoms with Gasteiger partial charge in [0.15, 0.2) is 0 Å². The Morgan fingerprint density at radius 3 is 2.67 bits per heavy atom. The number of benzene rings is 1. The summed E-state index contributed by atoms with van der Waals surface area (Å²) in [4.78, 5) is 12.2. The first-order chi connectivity index (χ1) is 11.4. The van der Waals surface area contributed by atoms with Crippen LogP contribution >= 0.6 is 0 Å². The maximum atomic E-state index is 12.2. The van der Waals surface area contributed by atoms with Gasteiger partial charge in [0, 0.05) is 11.5 Å². The number of aryl methyl sites for hydroxylation is 1. The second kappa shape index (κ2) is 6.77. The molecule has 1 heterocycles. The standard InChI is InChI=1S/C19H25N3O2/c1-19(2,24)10-9-13-3-5-15(6-4-13)18(23)20-12-16-11-17(22-21-16)14-7-8-14/h3-6,11,14,24H,7-10,12H2,1-2H3,(H,20,23)(H,21,22). The average molecular weight is 327 g/mol. The Bertz CT molecular complexity index is 694. The van der Waals surface area contributed by atoms with Gasteiger partial charge in [0.05, 0.1) is 23.5 Å². The van der Waals surface area contributed by atoms with E-state index in [0.29, 0.717) is 24.4 Å². The number of aromatic nitrogens is 2. The number of nitrogens with zero attached hydrogens (tertiary/aromatic N) is 1. The van der Waals surface area contributed by atoms with Crippen molar-refractivity contribution in [2.24, 2.45) is 0 Å². The van der Waals surface area contributed by atoms with E-state index in [4.69, 9.17) is 0 Å². The van der Waals surface area contributed by atoms with E-state index in [1.165, 1.54) is 12.8 Å². The van der Waals surface area contributed by atoms with Crippen LogP contribution in [0.5, 0.6) is 0 Å². The van der Waals surface area contributed by atoms with Gasteiger partial charge in [-0.2, -0.15) is 5.10 Å². The van der Waals surface area contributed by atoms with Crippen LogP contribution in [0.2, 0.25) is 0 Å². The molecule has 0 atom stereocenters. The lowest BCUT2D eigenvalue weighted by Gasteiger charge is -2.16. The van der Waals surface area contributed by atoms with Gasteiger partial charge in [0.1, 0.15) is 0 Å². The van der Waals surface area contributed by atoms with Crippen molar-refractivity contribution < 1.29 is 9.90 Å². The minimum atomic E-state index is -0.667. The second-order valence-electron chi connectivity index (χ2n) is 7.28. The molecule has 0 bridgehead atoms. The quantitative estimate of drug-likeness (QED) is 0.731. The first-order valence-corrected chi connectivity index (χ1v) is 8.54. The molecule has 0 unspecified atom stereocenters. The van der Waals surface area contributed by atoms with Crippen LogP contribution in [0.4, 0.5) is 0 Å². The SMILES string of the molecule is CC(C)(O)CCc1ccc(C(=O)NCc2cc(C3CC3)n[nH]2)cc1. The maximum absolute atomic E-state index is 12.2. The molecule has 0 saturated heterocycles. The average Bonchev–Trinajstić information content (AvgIpc) is 3.29. The minimum absolute atomic E-state index is 0.0911. The van der Waals surface area contributed by atoms with Crippen LogP contribution < -0.4 is 5.32 Å². The molecule has 0 spiro atoms. The van der Waals surface area contributed by atoms with Crippen LogP contribution in [0.15, 0.2) is 30.3 Å². The van der Waals surface area contributed by atoms with Crippen molar-refractivity contribution in [2.75, 3.05) is 0 Å². The Morgan fingerprint density at radius 2 is 2.04 bits per heavy atom. The largest absolute Gasteiger partial charge is 0.390 e. The molecule has 1 aromatic heterocycles. The molecule has 1 fully saturated rings. The van der Waals surface area contributed by atoms with E-state index in [9.17, 15) is 9.90 Å². The highest BCUT2D eigenvalue weighted by Gasteiger charge is 2.26. The topological polar surface area (TPSA) is 78.0 Å². The lowest BCUT2D eigenvalue weighted by molar-refractivity contribution is 0.0713. The third-order valence-electron chi connectivity index (χ3n) is 4.33. The van der Waals surface area contributed by atoms with Crippen molar-refractivity contribution >= 4 is 5.91 Å². The van der Waals surface area contributed by atoms with Gasteiger partial charge in [-0.15, -0.1) is 0 Å². The van der Waals surface area contributed by atoms with E-state index in [2.05, 4.69) is 15.5 Å². The summed E-state index contributed by atoms with van der Waals surface area (Å²) in [5.41, 5.74) is 3.14. The van der Waals surface area contributed by atoms with Crippen molar-refractivity contribution in [1.29, 1.82) is 0 Å². The summed E-state index contributed by atoms with van der Waals surface area (Å²) in [5.74, 6) is 0.522. The zero-order valence-corrected chi connectivity index (χ0v) is 14.3. The van der Waals surface area contributed by atoms with E-state index in [0.717, 1.165) is 23.4 Å². The van der Waals surface area contributed by atoms with Gasteiger partial charge in [-0.3, -0.25) is 9.89 Å². The number of aliphatic hydroxyl groups is 1. The summed E-state index contributed by atoms with van der Waals surface area (Å²) in [6, 6.07) is 9.59. The monoisotopic (exact) mass is 327 g/mol. The van der Waals surface area contributed by atoms with Gasteiger partial charge in [0.25, 0.3) is 5.91 Å². The molecular weight excluding hydrogens is 302 g/mol. The Labute approximate surface area is 142 Å². The number of carbonyl (C=O) groups excluding carboxylic acids is 1. The number of aromatic amines is 1. The lowest BCUT2D eigenvalue weighted by Crippen LogP contribution is -2.23. The smallest absolute Gasteiger partial charge is 0.251 e. The van der Waals surface area contributed by atoms with Crippen molar-refractivity contribution in [2.45, 2.75) is 57.6 Å². The van der Waals surface area contributed by atoms with Gasteiger partial charge < -0.3 is 10.4 Å². The zero-order valence-electron chi connectivity index (χ0n) is 14.3. The molecule has 1 aliphatic carbocycles. The van der Waals surface area contributed by atoms with E-state index in [-0.39, 0.29) is 5.91 Å². The van der Waals surface area contributed by atoms with Gasteiger partial charge in [-0.25, -0.2) is 0 Å². The Kier molecular flexibility index (Phi) is 4.71. The number of rotatable bonds is 7. The number of carbonyl (C=O) groups is 1. The molecule has 0 radical (unpaired) electrons. The Hall–Kier alpha value is -2.14. The van der Waals surface area contributed by atoms with Crippen LogP contribution in [0.25, 0.3) is 0 Å². The van der Waals surface area contributed by atoms with Crippen LogP contribution in [-0.4, -0.2) is 26.8 Å². The molecule has 5 nitrogen and oxygen atoms in total. The summed E-state index contributed by atoms with van der Waals surface area (Å²) in [7, 11) is 0.